The van der Waals surface area contributed by atoms with Gasteiger partial charge >= 0.3 is 5.97 Å². The molecule has 6 heteroatoms. The standard InChI is InChI=1S/C16H23NO5/c1-12(21-2)3-8-15(18)17-10-9-13-4-6-14(7-5-13)22-11-16(19)20/h4-7,12H,3,8-11H2,1-2H3,(H,17,18)(H,19,20). The Kier molecular flexibility index (Phi) is 7.99. The van der Waals surface area contributed by atoms with Gasteiger partial charge in [-0.15, -0.1) is 0 Å². The van der Waals surface area contributed by atoms with Gasteiger partial charge < -0.3 is 19.9 Å². The summed E-state index contributed by atoms with van der Waals surface area (Å²) >= 11 is 0. The second kappa shape index (κ2) is 9.78. The van der Waals surface area contributed by atoms with Gasteiger partial charge in [-0.1, -0.05) is 12.1 Å². The number of aliphatic carboxylic acids is 1. The summed E-state index contributed by atoms with van der Waals surface area (Å²) < 4.78 is 10.1. The molecule has 0 fully saturated rings. The average Bonchev–Trinajstić information content (AvgIpc) is 2.51. The van der Waals surface area contributed by atoms with Crippen molar-refractivity contribution in [1.29, 1.82) is 0 Å². The molecule has 2 N–H and O–H groups in total. The maximum atomic E-state index is 11.6. The van der Waals surface area contributed by atoms with Crippen molar-refractivity contribution in [1.82, 2.24) is 5.32 Å². The van der Waals surface area contributed by atoms with E-state index in [0.717, 1.165) is 5.56 Å². The van der Waals surface area contributed by atoms with Crippen molar-refractivity contribution < 1.29 is 24.2 Å². The van der Waals surface area contributed by atoms with Crippen LogP contribution in [0.2, 0.25) is 0 Å². The Bertz CT molecular complexity index is 472. The topological polar surface area (TPSA) is 84.9 Å². The van der Waals surface area contributed by atoms with Crippen molar-refractivity contribution in [3.63, 3.8) is 0 Å². The Morgan fingerprint density at radius 2 is 1.95 bits per heavy atom. The van der Waals surface area contributed by atoms with Gasteiger partial charge in [-0.2, -0.15) is 0 Å². The molecule has 1 amide bonds. The van der Waals surface area contributed by atoms with Gasteiger partial charge in [-0.25, -0.2) is 4.79 Å². The van der Waals surface area contributed by atoms with Gasteiger partial charge in [0.25, 0.3) is 0 Å². The number of nitrogens with one attached hydrogen (secondary N) is 1. The zero-order valence-corrected chi connectivity index (χ0v) is 13.0. The SMILES string of the molecule is COC(C)CCC(=O)NCCc1ccc(OCC(=O)O)cc1. The molecule has 1 rings (SSSR count). The molecule has 0 saturated heterocycles. The van der Waals surface area contributed by atoms with E-state index in [0.29, 0.717) is 31.6 Å². The van der Waals surface area contributed by atoms with Crippen LogP contribution in [0.3, 0.4) is 0 Å². The summed E-state index contributed by atoms with van der Waals surface area (Å²) in [6.45, 7) is 2.14. The monoisotopic (exact) mass is 309 g/mol. The van der Waals surface area contributed by atoms with E-state index in [4.69, 9.17) is 14.6 Å². The van der Waals surface area contributed by atoms with E-state index in [2.05, 4.69) is 5.32 Å². The summed E-state index contributed by atoms with van der Waals surface area (Å²) in [5.41, 5.74) is 1.05. The third-order valence-electron chi connectivity index (χ3n) is 3.20. The van der Waals surface area contributed by atoms with Crippen LogP contribution in [0.5, 0.6) is 5.75 Å². The van der Waals surface area contributed by atoms with Gasteiger partial charge in [0.1, 0.15) is 5.75 Å². The summed E-state index contributed by atoms with van der Waals surface area (Å²) in [6.07, 6.45) is 1.96. The first-order valence-corrected chi connectivity index (χ1v) is 7.24. The highest BCUT2D eigenvalue weighted by Crippen LogP contribution is 2.12. The number of benzene rings is 1. The third-order valence-corrected chi connectivity index (χ3v) is 3.20. The zero-order valence-electron chi connectivity index (χ0n) is 13.0. The fourth-order valence-corrected chi connectivity index (χ4v) is 1.78. The Morgan fingerprint density at radius 1 is 1.27 bits per heavy atom. The van der Waals surface area contributed by atoms with E-state index >= 15 is 0 Å². The summed E-state index contributed by atoms with van der Waals surface area (Å²) in [6, 6.07) is 7.16. The number of methoxy groups -OCH3 is 1. The number of amides is 1. The molecule has 1 aromatic rings. The van der Waals surface area contributed by atoms with E-state index in [1.807, 2.05) is 19.1 Å². The first-order chi connectivity index (χ1) is 10.5. The molecule has 1 unspecified atom stereocenters. The van der Waals surface area contributed by atoms with Crippen LogP contribution < -0.4 is 10.1 Å². The van der Waals surface area contributed by atoms with Crippen LogP contribution in [0.1, 0.15) is 25.3 Å². The van der Waals surface area contributed by atoms with Crippen LogP contribution >= 0.6 is 0 Å². The molecule has 122 valence electrons. The third kappa shape index (κ3) is 7.64. The van der Waals surface area contributed by atoms with Crippen LogP contribution in [-0.2, 0) is 20.7 Å². The highest BCUT2D eigenvalue weighted by Gasteiger charge is 2.05. The Morgan fingerprint density at radius 3 is 2.55 bits per heavy atom. The van der Waals surface area contributed by atoms with E-state index in [1.54, 1.807) is 19.2 Å². The van der Waals surface area contributed by atoms with Crippen LogP contribution in [0.25, 0.3) is 0 Å². The van der Waals surface area contributed by atoms with Gasteiger partial charge in [0.2, 0.25) is 5.91 Å². The number of carboxylic acid groups (broad SMARTS) is 1. The number of carbonyl (C=O) groups is 2. The minimum atomic E-state index is -1.01. The van der Waals surface area contributed by atoms with Gasteiger partial charge in [-0.3, -0.25) is 4.79 Å². The fraction of sp³-hybridized carbons (Fsp3) is 0.500. The molecule has 0 bridgehead atoms. The molecule has 1 aromatic carbocycles. The first kappa shape index (κ1) is 18.0. The van der Waals surface area contributed by atoms with Crippen LogP contribution in [0.4, 0.5) is 0 Å². The number of carbonyl (C=O) groups excluding carboxylic acids is 1. The maximum absolute atomic E-state index is 11.6. The summed E-state index contributed by atoms with van der Waals surface area (Å²) in [5.74, 6) is -0.469. The molecule has 0 aliphatic carbocycles. The van der Waals surface area contributed by atoms with E-state index in [-0.39, 0.29) is 18.6 Å². The number of rotatable bonds is 10. The lowest BCUT2D eigenvalue weighted by Gasteiger charge is -2.09. The van der Waals surface area contributed by atoms with Gasteiger partial charge in [0.15, 0.2) is 6.61 Å². The summed E-state index contributed by atoms with van der Waals surface area (Å²) in [7, 11) is 1.63. The highest BCUT2D eigenvalue weighted by atomic mass is 16.5. The predicted molar refractivity (Wildman–Crippen MR) is 82.0 cm³/mol. The van der Waals surface area contributed by atoms with E-state index in [1.165, 1.54) is 0 Å². The second-order valence-corrected chi connectivity index (χ2v) is 5.01. The number of ether oxygens (including phenoxy) is 2. The molecule has 0 radical (unpaired) electrons. The Hall–Kier alpha value is -2.08. The average molecular weight is 309 g/mol. The number of carboxylic acids is 1. The van der Waals surface area contributed by atoms with Crippen LogP contribution in [-0.4, -0.2) is 43.3 Å². The molecule has 0 saturated carbocycles. The zero-order chi connectivity index (χ0) is 16.4. The predicted octanol–water partition coefficient (Wildman–Crippen LogP) is 1.62. The molecule has 0 aliphatic heterocycles. The minimum absolute atomic E-state index is 0.0188. The van der Waals surface area contributed by atoms with E-state index < -0.39 is 5.97 Å². The van der Waals surface area contributed by atoms with E-state index in [9.17, 15) is 9.59 Å². The molecule has 0 heterocycles. The molecule has 0 aliphatic rings. The molecule has 22 heavy (non-hydrogen) atoms. The molecular weight excluding hydrogens is 286 g/mol. The molecule has 6 nitrogen and oxygen atoms in total. The van der Waals surface area contributed by atoms with Crippen molar-refractivity contribution in [3.05, 3.63) is 29.8 Å². The highest BCUT2D eigenvalue weighted by molar-refractivity contribution is 5.75. The lowest BCUT2D eigenvalue weighted by atomic mass is 10.1. The molecule has 0 aromatic heterocycles. The summed E-state index contributed by atoms with van der Waals surface area (Å²) in [5, 5.41) is 11.4. The van der Waals surface area contributed by atoms with Crippen LogP contribution in [0, 0.1) is 0 Å². The van der Waals surface area contributed by atoms with Crippen molar-refractivity contribution in [3.8, 4) is 5.75 Å². The Labute approximate surface area is 130 Å². The fourth-order valence-electron chi connectivity index (χ4n) is 1.78. The van der Waals surface area contributed by atoms with Gasteiger partial charge in [0, 0.05) is 20.1 Å². The van der Waals surface area contributed by atoms with Crippen molar-refractivity contribution in [2.45, 2.75) is 32.3 Å². The Balaban J connectivity index is 2.24. The van der Waals surface area contributed by atoms with Crippen molar-refractivity contribution in [2.24, 2.45) is 0 Å². The first-order valence-electron chi connectivity index (χ1n) is 7.24. The quantitative estimate of drug-likeness (QED) is 0.686. The minimum Gasteiger partial charge on any atom is -0.482 e. The van der Waals surface area contributed by atoms with Crippen LogP contribution in [0.15, 0.2) is 24.3 Å². The molecule has 1 atom stereocenters. The number of hydrogen-bond donors (Lipinski definition) is 2. The molecular formula is C16H23NO5. The molecule has 0 spiro atoms. The lowest BCUT2D eigenvalue weighted by Crippen LogP contribution is -2.26. The second-order valence-electron chi connectivity index (χ2n) is 5.01. The van der Waals surface area contributed by atoms with Gasteiger partial charge in [-0.05, 0) is 37.5 Å². The van der Waals surface area contributed by atoms with Crippen molar-refractivity contribution in [2.75, 3.05) is 20.3 Å². The summed E-state index contributed by atoms with van der Waals surface area (Å²) in [4.78, 5) is 22.0. The smallest absolute Gasteiger partial charge is 0.341 e. The normalized spacial score (nSPS) is 11.7. The lowest BCUT2D eigenvalue weighted by molar-refractivity contribution is -0.139. The number of hydrogen-bond acceptors (Lipinski definition) is 4. The maximum Gasteiger partial charge on any atom is 0.341 e. The van der Waals surface area contributed by atoms with Gasteiger partial charge in [0.05, 0.1) is 6.10 Å². The van der Waals surface area contributed by atoms with Crippen molar-refractivity contribution >= 4 is 11.9 Å². The largest absolute Gasteiger partial charge is 0.482 e.